The van der Waals surface area contributed by atoms with E-state index in [9.17, 15) is 4.79 Å². The van der Waals surface area contributed by atoms with Crippen molar-refractivity contribution >= 4 is 21.8 Å². The number of rotatable bonds is 6. The Morgan fingerprint density at radius 1 is 1.24 bits per heavy atom. The predicted molar refractivity (Wildman–Crippen MR) is 84.9 cm³/mol. The van der Waals surface area contributed by atoms with E-state index in [2.05, 4.69) is 26.2 Å². The standard InChI is InChI=1S/C16H17BrN2O2/c1-2-21-11-13-7-4-3-6-12(13)10-19-16(20)14-8-5-9-18-15(14)17/h3-9H,2,10-11H2,1H3,(H,19,20). The number of nitrogens with zero attached hydrogens (tertiary/aromatic N) is 1. The molecule has 2 aromatic rings. The van der Waals surface area contributed by atoms with Crippen LogP contribution in [0.3, 0.4) is 0 Å². The van der Waals surface area contributed by atoms with Crippen LogP contribution in [0, 0.1) is 0 Å². The fourth-order valence-electron chi connectivity index (χ4n) is 1.91. The van der Waals surface area contributed by atoms with E-state index in [4.69, 9.17) is 4.74 Å². The highest BCUT2D eigenvalue weighted by molar-refractivity contribution is 9.10. The molecule has 0 saturated carbocycles. The van der Waals surface area contributed by atoms with Gasteiger partial charge in [0.1, 0.15) is 4.60 Å². The third kappa shape index (κ3) is 4.37. The van der Waals surface area contributed by atoms with Gasteiger partial charge in [-0.05, 0) is 46.1 Å². The van der Waals surface area contributed by atoms with Gasteiger partial charge in [-0.1, -0.05) is 24.3 Å². The lowest BCUT2D eigenvalue weighted by Crippen LogP contribution is -2.24. The van der Waals surface area contributed by atoms with Gasteiger partial charge in [0, 0.05) is 19.3 Å². The molecule has 0 atom stereocenters. The van der Waals surface area contributed by atoms with Crippen molar-refractivity contribution in [2.45, 2.75) is 20.1 Å². The summed E-state index contributed by atoms with van der Waals surface area (Å²) >= 11 is 3.28. The van der Waals surface area contributed by atoms with Crippen molar-refractivity contribution in [1.82, 2.24) is 10.3 Å². The molecule has 5 heteroatoms. The molecule has 1 heterocycles. The summed E-state index contributed by atoms with van der Waals surface area (Å²) in [6.45, 7) is 3.65. The average molecular weight is 349 g/mol. The molecule has 1 amide bonds. The smallest absolute Gasteiger partial charge is 0.254 e. The zero-order valence-electron chi connectivity index (χ0n) is 11.8. The number of carbonyl (C=O) groups excluding carboxylic acids is 1. The van der Waals surface area contributed by atoms with Gasteiger partial charge in [0.25, 0.3) is 5.91 Å². The average Bonchev–Trinajstić information content (AvgIpc) is 2.52. The zero-order valence-corrected chi connectivity index (χ0v) is 13.4. The first-order chi connectivity index (χ1) is 10.2. The zero-order chi connectivity index (χ0) is 15.1. The number of carbonyl (C=O) groups is 1. The van der Waals surface area contributed by atoms with Gasteiger partial charge >= 0.3 is 0 Å². The van der Waals surface area contributed by atoms with Crippen LogP contribution in [0.5, 0.6) is 0 Å². The molecule has 0 aliphatic carbocycles. The Morgan fingerprint density at radius 3 is 2.71 bits per heavy atom. The van der Waals surface area contributed by atoms with Crippen LogP contribution in [0.15, 0.2) is 47.2 Å². The van der Waals surface area contributed by atoms with Crippen molar-refractivity contribution < 1.29 is 9.53 Å². The predicted octanol–water partition coefficient (Wildman–Crippen LogP) is 3.31. The molecule has 0 radical (unpaired) electrons. The second-order valence-corrected chi connectivity index (χ2v) is 5.18. The van der Waals surface area contributed by atoms with E-state index in [1.165, 1.54) is 0 Å². The van der Waals surface area contributed by atoms with Crippen LogP contribution >= 0.6 is 15.9 Å². The second kappa shape index (κ2) is 7.90. The molecule has 0 fully saturated rings. The second-order valence-electron chi connectivity index (χ2n) is 4.43. The molecule has 1 N–H and O–H groups in total. The Labute approximate surface area is 132 Å². The quantitative estimate of drug-likeness (QED) is 0.814. The van der Waals surface area contributed by atoms with Crippen molar-refractivity contribution in [3.8, 4) is 0 Å². The van der Waals surface area contributed by atoms with E-state index in [0.717, 1.165) is 11.1 Å². The van der Waals surface area contributed by atoms with Gasteiger partial charge in [-0.3, -0.25) is 4.79 Å². The van der Waals surface area contributed by atoms with E-state index < -0.39 is 0 Å². The summed E-state index contributed by atoms with van der Waals surface area (Å²) in [6.07, 6.45) is 1.64. The number of pyridine rings is 1. The Balaban J connectivity index is 2.03. The molecule has 0 unspecified atom stereocenters. The molecule has 4 nitrogen and oxygen atoms in total. The van der Waals surface area contributed by atoms with Crippen molar-refractivity contribution in [1.29, 1.82) is 0 Å². The molecule has 0 spiro atoms. The maximum absolute atomic E-state index is 12.2. The lowest BCUT2D eigenvalue weighted by Gasteiger charge is -2.11. The Kier molecular flexibility index (Phi) is 5.90. The van der Waals surface area contributed by atoms with Gasteiger partial charge < -0.3 is 10.1 Å². The van der Waals surface area contributed by atoms with E-state index in [0.29, 0.717) is 29.9 Å². The van der Waals surface area contributed by atoms with E-state index in [1.807, 2.05) is 31.2 Å². The third-order valence-electron chi connectivity index (χ3n) is 3.02. The van der Waals surface area contributed by atoms with Crippen LogP contribution in [0.2, 0.25) is 0 Å². The van der Waals surface area contributed by atoms with Gasteiger partial charge in [-0.2, -0.15) is 0 Å². The maximum atomic E-state index is 12.2. The highest BCUT2D eigenvalue weighted by Crippen LogP contribution is 2.14. The summed E-state index contributed by atoms with van der Waals surface area (Å²) in [5.74, 6) is -0.152. The fourth-order valence-corrected chi connectivity index (χ4v) is 2.34. The van der Waals surface area contributed by atoms with Gasteiger partial charge in [0.2, 0.25) is 0 Å². The highest BCUT2D eigenvalue weighted by atomic mass is 79.9. The minimum absolute atomic E-state index is 0.152. The molecular weight excluding hydrogens is 332 g/mol. The molecule has 1 aromatic heterocycles. The number of amides is 1. The molecule has 2 rings (SSSR count). The minimum atomic E-state index is -0.152. The van der Waals surface area contributed by atoms with Gasteiger partial charge in [0.05, 0.1) is 12.2 Å². The maximum Gasteiger partial charge on any atom is 0.254 e. The summed E-state index contributed by atoms with van der Waals surface area (Å²) in [5, 5.41) is 2.91. The number of aromatic nitrogens is 1. The topological polar surface area (TPSA) is 51.2 Å². The number of nitrogens with one attached hydrogen (secondary N) is 1. The summed E-state index contributed by atoms with van der Waals surface area (Å²) in [5.41, 5.74) is 2.67. The number of hydrogen-bond donors (Lipinski definition) is 1. The van der Waals surface area contributed by atoms with Crippen molar-refractivity contribution in [3.63, 3.8) is 0 Å². The molecule has 110 valence electrons. The molecule has 0 aliphatic rings. The van der Waals surface area contributed by atoms with Gasteiger partial charge in [-0.15, -0.1) is 0 Å². The third-order valence-corrected chi connectivity index (χ3v) is 3.66. The summed E-state index contributed by atoms with van der Waals surface area (Å²) in [4.78, 5) is 16.2. The highest BCUT2D eigenvalue weighted by Gasteiger charge is 2.10. The van der Waals surface area contributed by atoms with Crippen molar-refractivity contribution in [3.05, 3.63) is 63.9 Å². The number of hydrogen-bond acceptors (Lipinski definition) is 3. The van der Waals surface area contributed by atoms with E-state index >= 15 is 0 Å². The Bertz CT molecular complexity index is 617. The van der Waals surface area contributed by atoms with Crippen LogP contribution in [-0.4, -0.2) is 17.5 Å². The Hall–Kier alpha value is -1.72. The van der Waals surface area contributed by atoms with Crippen molar-refractivity contribution in [2.24, 2.45) is 0 Å². The Morgan fingerprint density at radius 2 is 2.00 bits per heavy atom. The fraction of sp³-hybridized carbons (Fsp3) is 0.250. The summed E-state index contributed by atoms with van der Waals surface area (Å²) in [7, 11) is 0. The van der Waals surface area contributed by atoms with Crippen LogP contribution < -0.4 is 5.32 Å². The lowest BCUT2D eigenvalue weighted by atomic mass is 10.1. The molecule has 0 saturated heterocycles. The lowest BCUT2D eigenvalue weighted by molar-refractivity contribution is 0.0948. The molecule has 0 aliphatic heterocycles. The number of halogens is 1. The summed E-state index contributed by atoms with van der Waals surface area (Å²) in [6, 6.07) is 11.4. The number of ether oxygens (including phenoxy) is 1. The first-order valence-corrected chi connectivity index (χ1v) is 7.55. The summed E-state index contributed by atoms with van der Waals surface area (Å²) < 4.78 is 5.99. The molecular formula is C16H17BrN2O2. The molecule has 1 aromatic carbocycles. The first-order valence-electron chi connectivity index (χ1n) is 6.75. The molecule has 0 bridgehead atoms. The van der Waals surface area contributed by atoms with Crippen LogP contribution in [-0.2, 0) is 17.9 Å². The molecule has 21 heavy (non-hydrogen) atoms. The minimum Gasteiger partial charge on any atom is -0.377 e. The monoisotopic (exact) mass is 348 g/mol. The van der Waals surface area contributed by atoms with E-state index in [1.54, 1.807) is 18.3 Å². The van der Waals surface area contributed by atoms with Gasteiger partial charge in [0.15, 0.2) is 0 Å². The van der Waals surface area contributed by atoms with Crippen LogP contribution in [0.4, 0.5) is 0 Å². The number of benzene rings is 1. The van der Waals surface area contributed by atoms with Crippen LogP contribution in [0.25, 0.3) is 0 Å². The van der Waals surface area contributed by atoms with Crippen LogP contribution in [0.1, 0.15) is 28.4 Å². The van der Waals surface area contributed by atoms with Crippen molar-refractivity contribution in [2.75, 3.05) is 6.61 Å². The first kappa shape index (κ1) is 15.7. The normalized spacial score (nSPS) is 10.4. The van der Waals surface area contributed by atoms with E-state index in [-0.39, 0.29) is 5.91 Å². The largest absolute Gasteiger partial charge is 0.377 e. The van der Waals surface area contributed by atoms with Gasteiger partial charge in [-0.25, -0.2) is 4.98 Å². The SMILES string of the molecule is CCOCc1ccccc1CNC(=O)c1cccnc1Br.